The molecule has 3 aromatic heterocycles. The molecule has 0 bridgehead atoms. The van der Waals surface area contributed by atoms with Crippen molar-refractivity contribution in [3.8, 4) is 22.5 Å². The fourth-order valence-electron chi connectivity index (χ4n) is 3.01. The smallest absolute Gasteiger partial charge is 0.326 e. The second-order valence-corrected chi connectivity index (χ2v) is 6.91. The number of fused-ring (bicyclic) bond motifs is 1. The Morgan fingerprint density at radius 1 is 1.17 bits per heavy atom. The summed E-state index contributed by atoms with van der Waals surface area (Å²) in [5.41, 5.74) is 2.44. The SMILES string of the molecule is CC(C(=O)O)n1cnc2c(-c3cccnc3)nc(-c3ccc(Cl)cc3)cc2c1=O. The molecule has 4 rings (SSSR count). The van der Waals surface area contributed by atoms with Gasteiger partial charge in [0.2, 0.25) is 0 Å². The first-order valence-electron chi connectivity index (χ1n) is 8.77. The first-order chi connectivity index (χ1) is 14.0. The minimum absolute atomic E-state index is 0.277. The summed E-state index contributed by atoms with van der Waals surface area (Å²) in [6, 6.07) is 11.3. The molecule has 0 saturated heterocycles. The van der Waals surface area contributed by atoms with Crippen LogP contribution < -0.4 is 5.56 Å². The van der Waals surface area contributed by atoms with Crippen LogP contribution in [0.25, 0.3) is 33.4 Å². The van der Waals surface area contributed by atoms with Gasteiger partial charge in [0.1, 0.15) is 11.6 Å². The van der Waals surface area contributed by atoms with E-state index in [1.165, 1.54) is 13.3 Å². The van der Waals surface area contributed by atoms with Crippen molar-refractivity contribution in [1.29, 1.82) is 0 Å². The Morgan fingerprint density at radius 2 is 1.93 bits per heavy atom. The Labute approximate surface area is 170 Å². The van der Waals surface area contributed by atoms with Crippen LogP contribution in [0.5, 0.6) is 0 Å². The van der Waals surface area contributed by atoms with Crippen LogP contribution in [0, 0.1) is 0 Å². The van der Waals surface area contributed by atoms with E-state index in [9.17, 15) is 14.7 Å². The van der Waals surface area contributed by atoms with Crippen LogP contribution in [0.3, 0.4) is 0 Å². The Morgan fingerprint density at radius 3 is 2.59 bits per heavy atom. The van der Waals surface area contributed by atoms with Crippen molar-refractivity contribution in [2.45, 2.75) is 13.0 Å². The number of carbonyl (C=O) groups is 1. The number of hydrogen-bond donors (Lipinski definition) is 1. The normalized spacial score (nSPS) is 12.1. The average Bonchev–Trinajstić information content (AvgIpc) is 2.74. The van der Waals surface area contributed by atoms with Crippen molar-refractivity contribution < 1.29 is 9.90 Å². The molecule has 0 saturated carbocycles. The van der Waals surface area contributed by atoms with Gasteiger partial charge in [-0.1, -0.05) is 23.7 Å². The van der Waals surface area contributed by atoms with Crippen molar-refractivity contribution in [1.82, 2.24) is 19.5 Å². The van der Waals surface area contributed by atoms with Gasteiger partial charge in [0.05, 0.1) is 23.1 Å². The fraction of sp³-hybridized carbons (Fsp3) is 0.0952. The summed E-state index contributed by atoms with van der Waals surface area (Å²) < 4.78 is 1.10. The maximum Gasteiger partial charge on any atom is 0.326 e. The molecular formula is C21H15ClN4O3. The van der Waals surface area contributed by atoms with Crippen molar-refractivity contribution >= 4 is 28.5 Å². The third kappa shape index (κ3) is 3.48. The van der Waals surface area contributed by atoms with Crippen LogP contribution in [0.4, 0.5) is 0 Å². The predicted octanol–water partition coefficient (Wildman–Crippen LogP) is 3.82. The van der Waals surface area contributed by atoms with Gasteiger partial charge in [-0.2, -0.15) is 0 Å². The number of carboxylic acid groups (broad SMARTS) is 1. The van der Waals surface area contributed by atoms with Crippen LogP contribution in [-0.2, 0) is 4.79 Å². The lowest BCUT2D eigenvalue weighted by atomic mass is 10.1. The summed E-state index contributed by atoms with van der Waals surface area (Å²) in [6.07, 6.45) is 4.52. The van der Waals surface area contributed by atoms with E-state index in [1.807, 2.05) is 6.07 Å². The lowest BCUT2D eigenvalue weighted by molar-refractivity contribution is -0.140. The zero-order valence-corrected chi connectivity index (χ0v) is 16.0. The van der Waals surface area contributed by atoms with Crippen molar-refractivity contribution in [2.75, 3.05) is 0 Å². The highest BCUT2D eigenvalue weighted by Gasteiger charge is 2.19. The number of halogens is 1. The van der Waals surface area contributed by atoms with Gasteiger partial charge in [-0.15, -0.1) is 0 Å². The quantitative estimate of drug-likeness (QED) is 0.553. The molecule has 144 valence electrons. The van der Waals surface area contributed by atoms with Crippen LogP contribution >= 0.6 is 11.6 Å². The second kappa shape index (κ2) is 7.44. The van der Waals surface area contributed by atoms with E-state index < -0.39 is 17.6 Å². The van der Waals surface area contributed by atoms with Gasteiger partial charge >= 0.3 is 5.97 Å². The van der Waals surface area contributed by atoms with E-state index in [0.29, 0.717) is 27.5 Å². The molecule has 1 atom stereocenters. The number of nitrogens with zero attached hydrogens (tertiary/aromatic N) is 4. The minimum atomic E-state index is -1.12. The highest BCUT2D eigenvalue weighted by Crippen LogP contribution is 2.29. The van der Waals surface area contributed by atoms with Gasteiger partial charge in [-0.25, -0.2) is 14.8 Å². The monoisotopic (exact) mass is 406 g/mol. The lowest BCUT2D eigenvalue weighted by Gasteiger charge is -2.13. The van der Waals surface area contributed by atoms with Gasteiger partial charge in [0, 0.05) is 28.5 Å². The molecule has 3 heterocycles. The summed E-state index contributed by atoms with van der Waals surface area (Å²) in [5.74, 6) is -1.12. The molecule has 0 fully saturated rings. The van der Waals surface area contributed by atoms with E-state index in [1.54, 1.807) is 48.8 Å². The van der Waals surface area contributed by atoms with E-state index in [0.717, 1.165) is 10.1 Å². The van der Waals surface area contributed by atoms with Gasteiger partial charge in [-0.3, -0.25) is 14.3 Å². The molecule has 0 aliphatic heterocycles. The van der Waals surface area contributed by atoms with E-state index in [4.69, 9.17) is 16.6 Å². The van der Waals surface area contributed by atoms with Crippen molar-refractivity contribution in [3.05, 3.63) is 76.6 Å². The van der Waals surface area contributed by atoms with Crippen LogP contribution in [0.15, 0.2) is 66.0 Å². The maximum atomic E-state index is 13.1. The molecule has 0 spiro atoms. The molecule has 29 heavy (non-hydrogen) atoms. The third-order valence-electron chi connectivity index (χ3n) is 4.62. The molecule has 0 radical (unpaired) electrons. The first-order valence-corrected chi connectivity index (χ1v) is 9.14. The van der Waals surface area contributed by atoms with Crippen LogP contribution in [0.1, 0.15) is 13.0 Å². The highest BCUT2D eigenvalue weighted by molar-refractivity contribution is 6.30. The van der Waals surface area contributed by atoms with E-state index in [-0.39, 0.29) is 5.39 Å². The van der Waals surface area contributed by atoms with Crippen LogP contribution in [0.2, 0.25) is 5.02 Å². The summed E-state index contributed by atoms with van der Waals surface area (Å²) in [4.78, 5) is 37.7. The average molecular weight is 407 g/mol. The van der Waals surface area contributed by atoms with Crippen molar-refractivity contribution in [3.63, 3.8) is 0 Å². The first kappa shape index (κ1) is 18.8. The van der Waals surface area contributed by atoms with Gasteiger partial charge in [0.15, 0.2) is 0 Å². The molecule has 8 heteroatoms. The Bertz CT molecular complexity index is 1270. The minimum Gasteiger partial charge on any atom is -0.480 e. The topological polar surface area (TPSA) is 98.0 Å². The molecule has 1 unspecified atom stereocenters. The van der Waals surface area contributed by atoms with Crippen molar-refractivity contribution in [2.24, 2.45) is 0 Å². The molecule has 0 aliphatic carbocycles. The highest BCUT2D eigenvalue weighted by atomic mass is 35.5. The molecular weight excluding hydrogens is 392 g/mol. The summed E-state index contributed by atoms with van der Waals surface area (Å²) in [7, 11) is 0. The van der Waals surface area contributed by atoms with Crippen LogP contribution in [-0.4, -0.2) is 30.6 Å². The molecule has 7 nitrogen and oxygen atoms in total. The zero-order valence-electron chi connectivity index (χ0n) is 15.3. The molecule has 4 aromatic rings. The number of hydrogen-bond acceptors (Lipinski definition) is 5. The summed E-state index contributed by atoms with van der Waals surface area (Å²) in [5, 5.41) is 10.2. The molecule has 0 amide bonds. The van der Waals surface area contributed by atoms with E-state index in [2.05, 4.69) is 9.97 Å². The third-order valence-corrected chi connectivity index (χ3v) is 4.87. The molecule has 1 N–H and O–H groups in total. The summed E-state index contributed by atoms with van der Waals surface area (Å²) in [6.45, 7) is 1.43. The number of aromatic nitrogens is 4. The Hall–Kier alpha value is -3.58. The number of carboxylic acids is 1. The zero-order chi connectivity index (χ0) is 20.5. The van der Waals surface area contributed by atoms with Gasteiger partial charge in [0.25, 0.3) is 5.56 Å². The second-order valence-electron chi connectivity index (χ2n) is 6.47. The number of rotatable bonds is 4. The fourth-order valence-corrected chi connectivity index (χ4v) is 3.14. The maximum absolute atomic E-state index is 13.1. The summed E-state index contributed by atoms with van der Waals surface area (Å²) >= 11 is 5.98. The van der Waals surface area contributed by atoms with E-state index >= 15 is 0 Å². The predicted molar refractivity (Wildman–Crippen MR) is 110 cm³/mol. The standard InChI is InChI=1S/C21H15ClN4O3/c1-12(21(28)29)26-11-24-19-16(20(26)27)9-17(13-4-6-15(22)7-5-13)25-18(19)14-3-2-8-23-10-14/h2-12H,1H3,(H,28,29). The lowest BCUT2D eigenvalue weighted by Crippen LogP contribution is -2.28. The number of pyridine rings is 2. The Balaban J connectivity index is 2.05. The number of aliphatic carboxylic acids is 1. The Kier molecular flexibility index (Phi) is 4.82. The van der Waals surface area contributed by atoms with Gasteiger partial charge in [-0.05, 0) is 37.3 Å². The molecule has 1 aromatic carbocycles. The van der Waals surface area contributed by atoms with Gasteiger partial charge < -0.3 is 5.11 Å². The molecule has 0 aliphatic rings. The largest absolute Gasteiger partial charge is 0.480 e. The number of benzene rings is 1.